The standard InChI is InChI=1S/C27H19Cl2N3O4/c28-23-13-10-19(14-24(23)29)26(34)30-16-25(33)32-31-15-17-8-11-20(12-9-17)36-27(35)22-7-3-5-18-4-1-2-6-21(18)22/h1-15H,16H2,(H,30,34)(H,32,33). The maximum absolute atomic E-state index is 12.7. The highest BCUT2D eigenvalue weighted by Crippen LogP contribution is 2.23. The average molecular weight is 520 g/mol. The summed E-state index contributed by atoms with van der Waals surface area (Å²) in [6, 6.07) is 24.1. The molecule has 0 aliphatic heterocycles. The highest BCUT2D eigenvalue weighted by atomic mass is 35.5. The Labute approximate surface area is 216 Å². The Balaban J connectivity index is 1.27. The van der Waals surface area contributed by atoms with Crippen LogP contribution in [0.1, 0.15) is 26.3 Å². The predicted octanol–water partition coefficient (Wildman–Crippen LogP) is 5.25. The molecule has 0 aliphatic rings. The SMILES string of the molecule is O=C(CNC(=O)c1ccc(Cl)c(Cl)c1)NN=Cc1ccc(OC(=O)c2cccc3ccccc23)cc1. The molecule has 0 fully saturated rings. The van der Waals surface area contributed by atoms with Gasteiger partial charge in [0.2, 0.25) is 0 Å². The average Bonchev–Trinajstić information content (AvgIpc) is 2.89. The van der Waals surface area contributed by atoms with Gasteiger partial charge < -0.3 is 10.1 Å². The molecular formula is C27H19Cl2N3O4. The molecule has 0 bridgehead atoms. The van der Waals surface area contributed by atoms with E-state index in [1.54, 1.807) is 30.3 Å². The Morgan fingerprint density at radius 2 is 1.61 bits per heavy atom. The minimum absolute atomic E-state index is 0.243. The van der Waals surface area contributed by atoms with E-state index in [4.69, 9.17) is 27.9 Å². The normalized spacial score (nSPS) is 10.8. The van der Waals surface area contributed by atoms with Gasteiger partial charge in [0.25, 0.3) is 11.8 Å². The minimum atomic E-state index is -0.514. The monoisotopic (exact) mass is 519 g/mol. The number of amides is 2. The number of carbonyl (C=O) groups excluding carboxylic acids is 3. The Kier molecular flexibility index (Phi) is 7.95. The number of hydrogen-bond acceptors (Lipinski definition) is 5. The summed E-state index contributed by atoms with van der Waals surface area (Å²) in [4.78, 5) is 36.7. The third-order valence-electron chi connectivity index (χ3n) is 5.09. The number of hydrogen-bond donors (Lipinski definition) is 2. The van der Waals surface area contributed by atoms with Gasteiger partial charge in [0.15, 0.2) is 0 Å². The van der Waals surface area contributed by atoms with Crippen LogP contribution in [-0.4, -0.2) is 30.5 Å². The number of halogens is 2. The Bertz CT molecular complexity index is 1460. The van der Waals surface area contributed by atoms with Crippen LogP contribution in [-0.2, 0) is 4.79 Å². The first-order valence-electron chi connectivity index (χ1n) is 10.8. The summed E-state index contributed by atoms with van der Waals surface area (Å²) in [6.07, 6.45) is 1.43. The number of hydrazone groups is 1. The van der Waals surface area contributed by atoms with Crippen molar-refractivity contribution < 1.29 is 19.1 Å². The van der Waals surface area contributed by atoms with Crippen LogP contribution in [0, 0.1) is 0 Å². The first kappa shape index (κ1) is 24.9. The summed E-state index contributed by atoms with van der Waals surface area (Å²) < 4.78 is 5.50. The van der Waals surface area contributed by atoms with Crippen LogP contribution in [0.25, 0.3) is 10.8 Å². The topological polar surface area (TPSA) is 96.9 Å². The van der Waals surface area contributed by atoms with Crippen LogP contribution < -0.4 is 15.5 Å². The summed E-state index contributed by atoms with van der Waals surface area (Å²) >= 11 is 11.7. The largest absolute Gasteiger partial charge is 0.423 e. The highest BCUT2D eigenvalue weighted by molar-refractivity contribution is 6.42. The van der Waals surface area contributed by atoms with E-state index in [9.17, 15) is 14.4 Å². The lowest BCUT2D eigenvalue weighted by Gasteiger charge is -2.07. The minimum Gasteiger partial charge on any atom is -0.423 e. The molecule has 180 valence electrons. The Hall–Kier alpha value is -4.20. The van der Waals surface area contributed by atoms with E-state index < -0.39 is 17.8 Å². The van der Waals surface area contributed by atoms with Gasteiger partial charge in [0.05, 0.1) is 28.4 Å². The van der Waals surface area contributed by atoms with Crippen molar-refractivity contribution in [2.75, 3.05) is 6.54 Å². The summed E-state index contributed by atoms with van der Waals surface area (Å²) in [5.41, 5.74) is 3.75. The zero-order chi connectivity index (χ0) is 25.5. The van der Waals surface area contributed by atoms with Gasteiger partial charge in [0, 0.05) is 5.56 Å². The predicted molar refractivity (Wildman–Crippen MR) is 140 cm³/mol. The van der Waals surface area contributed by atoms with Crippen molar-refractivity contribution in [1.29, 1.82) is 0 Å². The van der Waals surface area contributed by atoms with Gasteiger partial charge in [0.1, 0.15) is 5.75 Å². The zero-order valence-corrected chi connectivity index (χ0v) is 20.2. The van der Waals surface area contributed by atoms with Gasteiger partial charge in [-0.3, -0.25) is 9.59 Å². The van der Waals surface area contributed by atoms with Gasteiger partial charge in [-0.15, -0.1) is 0 Å². The van der Waals surface area contributed by atoms with Crippen molar-refractivity contribution in [3.8, 4) is 5.75 Å². The number of fused-ring (bicyclic) bond motifs is 1. The van der Waals surface area contributed by atoms with Crippen LogP contribution in [0.5, 0.6) is 5.75 Å². The molecule has 0 aliphatic carbocycles. The lowest BCUT2D eigenvalue weighted by molar-refractivity contribution is -0.120. The van der Waals surface area contributed by atoms with Crippen molar-refractivity contribution in [1.82, 2.24) is 10.7 Å². The third kappa shape index (κ3) is 6.27. The van der Waals surface area contributed by atoms with Crippen molar-refractivity contribution in [2.45, 2.75) is 0 Å². The molecule has 0 heterocycles. The number of ether oxygens (including phenoxy) is 1. The van der Waals surface area contributed by atoms with E-state index in [1.165, 1.54) is 24.4 Å². The van der Waals surface area contributed by atoms with Gasteiger partial charge in [-0.1, -0.05) is 59.6 Å². The quantitative estimate of drug-likeness (QED) is 0.151. The summed E-state index contributed by atoms with van der Waals surface area (Å²) in [5, 5.41) is 8.68. The molecule has 0 unspecified atom stereocenters. The molecular weight excluding hydrogens is 501 g/mol. The van der Waals surface area contributed by atoms with Gasteiger partial charge >= 0.3 is 5.97 Å². The molecule has 36 heavy (non-hydrogen) atoms. The molecule has 0 aromatic heterocycles. The van der Waals surface area contributed by atoms with Crippen LogP contribution >= 0.6 is 23.2 Å². The zero-order valence-electron chi connectivity index (χ0n) is 18.7. The number of carbonyl (C=O) groups is 3. The third-order valence-corrected chi connectivity index (χ3v) is 5.83. The number of nitrogens with zero attached hydrogens (tertiary/aromatic N) is 1. The Morgan fingerprint density at radius 3 is 2.39 bits per heavy atom. The molecule has 0 spiro atoms. The van der Waals surface area contributed by atoms with E-state index in [-0.39, 0.29) is 17.1 Å². The van der Waals surface area contributed by atoms with E-state index in [1.807, 2.05) is 36.4 Å². The molecule has 4 rings (SSSR count). The Morgan fingerprint density at radius 1 is 0.861 bits per heavy atom. The van der Waals surface area contributed by atoms with E-state index >= 15 is 0 Å². The molecule has 9 heteroatoms. The lowest BCUT2D eigenvalue weighted by Crippen LogP contribution is -2.34. The molecule has 7 nitrogen and oxygen atoms in total. The number of rotatable bonds is 7. The molecule has 0 saturated carbocycles. The van der Waals surface area contributed by atoms with E-state index in [0.29, 0.717) is 21.9 Å². The molecule has 0 saturated heterocycles. The van der Waals surface area contributed by atoms with Gasteiger partial charge in [-0.25, -0.2) is 10.2 Å². The first-order chi connectivity index (χ1) is 17.4. The van der Waals surface area contributed by atoms with Gasteiger partial charge in [-0.05, 0) is 64.9 Å². The van der Waals surface area contributed by atoms with Crippen molar-refractivity contribution >= 4 is 58.0 Å². The summed E-state index contributed by atoms with van der Waals surface area (Å²) in [7, 11) is 0. The molecule has 4 aromatic rings. The summed E-state index contributed by atoms with van der Waals surface area (Å²) in [6.45, 7) is -0.278. The van der Waals surface area contributed by atoms with Crippen LogP contribution in [0.4, 0.5) is 0 Å². The fraction of sp³-hybridized carbons (Fsp3) is 0.0370. The van der Waals surface area contributed by atoms with Crippen molar-refractivity contribution in [3.63, 3.8) is 0 Å². The number of esters is 1. The second-order valence-electron chi connectivity index (χ2n) is 7.59. The highest BCUT2D eigenvalue weighted by Gasteiger charge is 2.12. The number of benzene rings is 4. The summed E-state index contributed by atoms with van der Waals surface area (Å²) in [5.74, 6) is -1.07. The fourth-order valence-electron chi connectivity index (χ4n) is 3.31. The van der Waals surface area contributed by atoms with Crippen molar-refractivity contribution in [2.24, 2.45) is 5.10 Å². The molecule has 2 N–H and O–H groups in total. The second-order valence-corrected chi connectivity index (χ2v) is 8.40. The van der Waals surface area contributed by atoms with Crippen LogP contribution in [0.3, 0.4) is 0 Å². The second kappa shape index (κ2) is 11.5. The fourth-order valence-corrected chi connectivity index (χ4v) is 3.60. The molecule has 2 amide bonds. The van der Waals surface area contributed by atoms with E-state index in [0.717, 1.165) is 10.8 Å². The maximum Gasteiger partial charge on any atom is 0.344 e. The number of nitrogens with one attached hydrogen (secondary N) is 2. The molecule has 0 atom stereocenters. The molecule has 4 aromatic carbocycles. The maximum atomic E-state index is 12.7. The first-order valence-corrected chi connectivity index (χ1v) is 11.5. The van der Waals surface area contributed by atoms with E-state index in [2.05, 4.69) is 15.8 Å². The smallest absolute Gasteiger partial charge is 0.344 e. The lowest BCUT2D eigenvalue weighted by atomic mass is 10.0. The van der Waals surface area contributed by atoms with Crippen LogP contribution in [0.15, 0.2) is 90.0 Å². The van der Waals surface area contributed by atoms with Gasteiger partial charge in [-0.2, -0.15) is 5.10 Å². The van der Waals surface area contributed by atoms with Crippen molar-refractivity contribution in [3.05, 3.63) is 112 Å². The molecule has 0 radical (unpaired) electrons. The van der Waals surface area contributed by atoms with Crippen LogP contribution in [0.2, 0.25) is 10.0 Å².